The van der Waals surface area contributed by atoms with Crippen molar-refractivity contribution in [3.8, 4) is 6.07 Å². The highest BCUT2D eigenvalue weighted by Gasteiger charge is 2.18. The summed E-state index contributed by atoms with van der Waals surface area (Å²) in [7, 11) is 0. The molecule has 6 heteroatoms. The van der Waals surface area contributed by atoms with Crippen molar-refractivity contribution in [3.63, 3.8) is 0 Å². The van der Waals surface area contributed by atoms with Crippen molar-refractivity contribution in [1.82, 2.24) is 9.97 Å². The Labute approximate surface area is 162 Å². The fourth-order valence-corrected chi connectivity index (χ4v) is 3.49. The van der Waals surface area contributed by atoms with Gasteiger partial charge in [-0.05, 0) is 37.6 Å². The average molecular weight is 376 g/mol. The first-order valence-corrected chi connectivity index (χ1v) is 9.50. The van der Waals surface area contributed by atoms with Crippen LogP contribution in [0.5, 0.6) is 0 Å². The zero-order valence-electron chi connectivity index (χ0n) is 15.2. The third kappa shape index (κ3) is 4.99. The largest absolute Gasteiger partial charge is 0.337 e. The average Bonchev–Trinajstić information content (AvgIpc) is 3.01. The molecule has 0 spiro atoms. The van der Waals surface area contributed by atoms with Gasteiger partial charge in [-0.3, -0.25) is 4.79 Å². The smallest absolute Gasteiger partial charge is 0.237 e. The van der Waals surface area contributed by atoms with Gasteiger partial charge in [-0.15, -0.1) is 0 Å². The molecule has 0 bridgehead atoms. The Morgan fingerprint density at radius 1 is 1.26 bits per heavy atom. The zero-order chi connectivity index (χ0) is 19.2. The SMILES string of the molecule is Cc1[nH]c(S[C@@H](C)C(=O)Nc2cccc(C#N)c2)nc1Cc1ccccc1. The Bertz CT molecular complexity index is 975. The normalized spacial score (nSPS) is 11.6. The van der Waals surface area contributed by atoms with Crippen LogP contribution in [0.3, 0.4) is 0 Å². The highest BCUT2D eigenvalue weighted by Crippen LogP contribution is 2.24. The number of anilines is 1. The topological polar surface area (TPSA) is 81.6 Å². The molecule has 0 aliphatic heterocycles. The molecule has 0 radical (unpaired) electrons. The summed E-state index contributed by atoms with van der Waals surface area (Å²) >= 11 is 1.38. The molecule has 1 heterocycles. The van der Waals surface area contributed by atoms with Crippen molar-refractivity contribution in [1.29, 1.82) is 5.26 Å². The number of hydrogen-bond acceptors (Lipinski definition) is 4. The van der Waals surface area contributed by atoms with E-state index in [1.807, 2.05) is 32.0 Å². The summed E-state index contributed by atoms with van der Waals surface area (Å²) < 4.78 is 0. The van der Waals surface area contributed by atoms with Gasteiger partial charge < -0.3 is 10.3 Å². The summed E-state index contributed by atoms with van der Waals surface area (Å²) in [4.78, 5) is 20.4. The van der Waals surface area contributed by atoms with Crippen LogP contribution in [-0.4, -0.2) is 21.1 Å². The molecule has 3 rings (SSSR count). The van der Waals surface area contributed by atoms with Crippen LogP contribution in [0, 0.1) is 18.3 Å². The van der Waals surface area contributed by atoms with Gasteiger partial charge in [0, 0.05) is 17.8 Å². The van der Waals surface area contributed by atoms with Crippen molar-refractivity contribution in [2.75, 3.05) is 5.32 Å². The Morgan fingerprint density at radius 2 is 2.04 bits per heavy atom. The molecule has 2 aromatic carbocycles. The highest BCUT2D eigenvalue weighted by atomic mass is 32.2. The van der Waals surface area contributed by atoms with Crippen LogP contribution >= 0.6 is 11.8 Å². The number of amides is 1. The Kier molecular flexibility index (Phi) is 5.94. The Morgan fingerprint density at radius 3 is 2.78 bits per heavy atom. The number of carbonyl (C=O) groups is 1. The fourth-order valence-electron chi connectivity index (χ4n) is 2.62. The molecule has 0 aliphatic rings. The number of carbonyl (C=O) groups excluding carboxylic acids is 1. The second kappa shape index (κ2) is 8.56. The van der Waals surface area contributed by atoms with Gasteiger partial charge in [-0.25, -0.2) is 4.98 Å². The van der Waals surface area contributed by atoms with E-state index in [9.17, 15) is 4.79 Å². The lowest BCUT2D eigenvalue weighted by molar-refractivity contribution is -0.115. The predicted octanol–water partition coefficient (Wildman–Crippen LogP) is 4.30. The number of aromatic amines is 1. The number of hydrogen-bond donors (Lipinski definition) is 2. The third-order valence-corrected chi connectivity index (χ3v) is 5.08. The van der Waals surface area contributed by atoms with Crippen LogP contribution in [0.4, 0.5) is 5.69 Å². The number of nitrogens with one attached hydrogen (secondary N) is 2. The van der Waals surface area contributed by atoms with E-state index in [1.54, 1.807) is 24.3 Å². The molecule has 136 valence electrons. The van der Waals surface area contributed by atoms with Crippen LogP contribution in [0.2, 0.25) is 0 Å². The number of thioether (sulfide) groups is 1. The highest BCUT2D eigenvalue weighted by molar-refractivity contribution is 8.00. The number of H-pyrrole nitrogens is 1. The van der Waals surface area contributed by atoms with E-state index in [1.165, 1.54) is 17.3 Å². The number of benzene rings is 2. The van der Waals surface area contributed by atoms with E-state index in [-0.39, 0.29) is 11.2 Å². The van der Waals surface area contributed by atoms with Crippen molar-refractivity contribution in [2.24, 2.45) is 0 Å². The Balaban J connectivity index is 1.63. The Hall–Kier alpha value is -3.04. The van der Waals surface area contributed by atoms with Gasteiger partial charge >= 0.3 is 0 Å². The van der Waals surface area contributed by atoms with Crippen LogP contribution in [0.25, 0.3) is 0 Å². The first-order valence-electron chi connectivity index (χ1n) is 8.62. The van der Waals surface area contributed by atoms with Crippen molar-refractivity contribution in [2.45, 2.75) is 30.7 Å². The quantitative estimate of drug-likeness (QED) is 0.629. The molecule has 2 N–H and O–H groups in total. The maximum absolute atomic E-state index is 12.4. The van der Waals surface area contributed by atoms with E-state index in [0.29, 0.717) is 11.3 Å². The van der Waals surface area contributed by atoms with Gasteiger partial charge in [0.2, 0.25) is 5.91 Å². The zero-order valence-corrected chi connectivity index (χ0v) is 16.0. The van der Waals surface area contributed by atoms with Gasteiger partial charge in [-0.1, -0.05) is 48.2 Å². The molecular weight excluding hydrogens is 356 g/mol. The minimum Gasteiger partial charge on any atom is -0.337 e. The van der Waals surface area contributed by atoms with Crippen LogP contribution in [0.15, 0.2) is 59.8 Å². The molecule has 0 fully saturated rings. The molecule has 0 aliphatic carbocycles. The molecule has 0 saturated carbocycles. The number of nitriles is 1. The second-order valence-corrected chi connectivity index (χ2v) is 7.55. The lowest BCUT2D eigenvalue weighted by atomic mass is 10.1. The standard InChI is InChI=1S/C21H20N4OS/c1-14-19(12-16-7-4-3-5-8-16)25-21(23-14)27-15(2)20(26)24-18-10-6-9-17(11-18)13-22/h3-11,15H,12H2,1-2H3,(H,23,25)(H,24,26)/t15-/m0/s1. The van der Waals surface area contributed by atoms with Crippen LogP contribution < -0.4 is 5.32 Å². The summed E-state index contributed by atoms with van der Waals surface area (Å²) in [5, 5.41) is 12.2. The van der Waals surface area contributed by atoms with E-state index in [4.69, 9.17) is 5.26 Å². The van der Waals surface area contributed by atoms with E-state index >= 15 is 0 Å². The lowest BCUT2D eigenvalue weighted by Crippen LogP contribution is -2.22. The number of aromatic nitrogens is 2. The number of rotatable bonds is 6. The second-order valence-electron chi connectivity index (χ2n) is 6.22. The maximum atomic E-state index is 12.4. The lowest BCUT2D eigenvalue weighted by Gasteiger charge is -2.10. The molecule has 1 amide bonds. The number of imidazole rings is 1. The monoisotopic (exact) mass is 376 g/mol. The van der Waals surface area contributed by atoms with Gasteiger partial charge in [0.25, 0.3) is 0 Å². The molecule has 3 aromatic rings. The summed E-state index contributed by atoms with van der Waals surface area (Å²) in [6.07, 6.45) is 0.755. The summed E-state index contributed by atoms with van der Waals surface area (Å²) in [6.45, 7) is 3.83. The van der Waals surface area contributed by atoms with Gasteiger partial charge in [-0.2, -0.15) is 5.26 Å². The first kappa shape index (κ1) is 18.7. The molecule has 0 saturated heterocycles. The fraction of sp³-hybridized carbons (Fsp3) is 0.190. The molecule has 0 unspecified atom stereocenters. The van der Waals surface area contributed by atoms with Crippen molar-refractivity contribution in [3.05, 3.63) is 77.1 Å². The molecule has 1 aromatic heterocycles. The third-order valence-electron chi connectivity index (χ3n) is 4.10. The number of nitrogens with zero attached hydrogens (tertiary/aromatic N) is 2. The van der Waals surface area contributed by atoms with Crippen molar-refractivity contribution >= 4 is 23.4 Å². The molecule has 5 nitrogen and oxygen atoms in total. The molecule has 1 atom stereocenters. The minimum absolute atomic E-state index is 0.131. The minimum atomic E-state index is -0.328. The molecule has 27 heavy (non-hydrogen) atoms. The van der Waals surface area contributed by atoms with E-state index in [0.717, 1.165) is 23.0 Å². The van der Waals surface area contributed by atoms with Gasteiger partial charge in [0.15, 0.2) is 5.16 Å². The van der Waals surface area contributed by atoms with E-state index < -0.39 is 0 Å². The first-order chi connectivity index (χ1) is 13.0. The number of aryl methyl sites for hydroxylation is 1. The van der Waals surface area contributed by atoms with Crippen molar-refractivity contribution < 1.29 is 4.79 Å². The molecular formula is C21H20N4OS. The van der Waals surface area contributed by atoms with Crippen LogP contribution in [-0.2, 0) is 11.2 Å². The summed E-state index contributed by atoms with van der Waals surface area (Å²) in [5.41, 5.74) is 4.33. The van der Waals surface area contributed by atoms with E-state index in [2.05, 4.69) is 33.5 Å². The summed E-state index contributed by atoms with van der Waals surface area (Å²) in [6, 6.07) is 19.1. The maximum Gasteiger partial charge on any atom is 0.237 e. The van der Waals surface area contributed by atoms with Crippen LogP contribution in [0.1, 0.15) is 29.4 Å². The summed E-state index contributed by atoms with van der Waals surface area (Å²) in [5.74, 6) is -0.131. The van der Waals surface area contributed by atoms with Gasteiger partial charge in [0.05, 0.1) is 22.6 Å². The van der Waals surface area contributed by atoms with Gasteiger partial charge in [0.1, 0.15) is 0 Å². The predicted molar refractivity (Wildman–Crippen MR) is 108 cm³/mol.